The zero-order chi connectivity index (χ0) is 23.0. The van der Waals surface area contributed by atoms with Crippen LogP contribution in [0, 0.1) is 5.92 Å². The lowest BCUT2D eigenvalue weighted by atomic mass is 9.97. The van der Waals surface area contributed by atoms with E-state index in [0.29, 0.717) is 50.2 Å². The Morgan fingerprint density at radius 3 is 2.31 bits per heavy atom. The Morgan fingerprint density at radius 2 is 1.69 bits per heavy atom. The standard InChI is InChI=1S/C24H30N2O5S/c1-2-31-24(28)21-10-12-22(13-11-21)25-23(27)20-14-16-26(17-15-20)32(29,30)18-6-9-19-7-4-3-5-8-19/h3-5,7-8,10-13,20H,2,6,9,14-18H2,1H3,(H,25,27). The summed E-state index contributed by atoms with van der Waals surface area (Å²) in [6, 6.07) is 16.4. The van der Waals surface area contributed by atoms with Crippen LogP contribution in [0.15, 0.2) is 54.6 Å². The zero-order valence-electron chi connectivity index (χ0n) is 18.3. The van der Waals surface area contributed by atoms with E-state index in [1.54, 1.807) is 31.2 Å². The molecule has 1 fully saturated rings. The minimum atomic E-state index is -3.32. The molecule has 1 N–H and O–H groups in total. The Labute approximate surface area is 189 Å². The second kappa shape index (κ2) is 11.2. The van der Waals surface area contributed by atoms with Crippen molar-refractivity contribution in [2.24, 2.45) is 5.92 Å². The highest BCUT2D eigenvalue weighted by Gasteiger charge is 2.30. The molecule has 0 aliphatic carbocycles. The molecular weight excluding hydrogens is 428 g/mol. The summed E-state index contributed by atoms with van der Waals surface area (Å²) in [5, 5.41) is 2.86. The van der Waals surface area contributed by atoms with Gasteiger partial charge in [0.25, 0.3) is 0 Å². The number of nitrogens with zero attached hydrogens (tertiary/aromatic N) is 1. The number of ether oxygens (including phenoxy) is 1. The number of carbonyl (C=O) groups excluding carboxylic acids is 2. The smallest absolute Gasteiger partial charge is 0.338 e. The fourth-order valence-electron chi connectivity index (χ4n) is 3.78. The first kappa shape index (κ1) is 23.9. The summed E-state index contributed by atoms with van der Waals surface area (Å²) >= 11 is 0. The van der Waals surface area contributed by atoms with E-state index < -0.39 is 16.0 Å². The number of amides is 1. The van der Waals surface area contributed by atoms with Gasteiger partial charge in [-0.15, -0.1) is 0 Å². The molecule has 7 nitrogen and oxygen atoms in total. The molecular formula is C24H30N2O5S. The summed E-state index contributed by atoms with van der Waals surface area (Å²) in [6.45, 7) is 2.76. The molecule has 0 aromatic heterocycles. The molecule has 0 spiro atoms. The maximum atomic E-state index is 12.7. The topological polar surface area (TPSA) is 92.8 Å². The molecule has 1 heterocycles. The first-order chi connectivity index (χ1) is 15.4. The van der Waals surface area contributed by atoms with Gasteiger partial charge in [-0.1, -0.05) is 30.3 Å². The van der Waals surface area contributed by atoms with Crippen LogP contribution in [-0.2, 0) is 26.0 Å². The summed E-state index contributed by atoms with van der Waals surface area (Å²) in [5.41, 5.74) is 2.16. The fourth-order valence-corrected chi connectivity index (χ4v) is 5.31. The zero-order valence-corrected chi connectivity index (χ0v) is 19.1. The van der Waals surface area contributed by atoms with E-state index in [2.05, 4.69) is 5.32 Å². The van der Waals surface area contributed by atoms with E-state index >= 15 is 0 Å². The summed E-state index contributed by atoms with van der Waals surface area (Å²) in [7, 11) is -3.32. The van der Waals surface area contributed by atoms with Crippen LogP contribution in [0.25, 0.3) is 0 Å². The molecule has 3 rings (SSSR count). The number of carbonyl (C=O) groups is 2. The molecule has 172 valence electrons. The maximum absolute atomic E-state index is 12.7. The van der Waals surface area contributed by atoms with Crippen molar-refractivity contribution in [2.45, 2.75) is 32.6 Å². The van der Waals surface area contributed by atoms with Crippen molar-refractivity contribution >= 4 is 27.6 Å². The van der Waals surface area contributed by atoms with Gasteiger partial charge in [0, 0.05) is 24.7 Å². The van der Waals surface area contributed by atoms with Crippen LogP contribution < -0.4 is 5.32 Å². The van der Waals surface area contributed by atoms with Crippen LogP contribution in [-0.4, -0.2) is 50.0 Å². The third-order valence-corrected chi connectivity index (χ3v) is 7.55. The minimum absolute atomic E-state index is 0.117. The Hall–Kier alpha value is -2.71. The molecule has 2 aromatic rings. The highest BCUT2D eigenvalue weighted by Crippen LogP contribution is 2.22. The number of rotatable bonds is 9. The van der Waals surface area contributed by atoms with Crippen LogP contribution in [0.5, 0.6) is 0 Å². The monoisotopic (exact) mass is 458 g/mol. The van der Waals surface area contributed by atoms with Gasteiger partial charge in [0.15, 0.2) is 0 Å². The Morgan fingerprint density at radius 1 is 1.03 bits per heavy atom. The molecule has 0 radical (unpaired) electrons. The number of hydrogen-bond acceptors (Lipinski definition) is 5. The van der Waals surface area contributed by atoms with Gasteiger partial charge in [0.2, 0.25) is 15.9 Å². The SMILES string of the molecule is CCOC(=O)c1ccc(NC(=O)C2CCN(S(=O)(=O)CCCc3ccccc3)CC2)cc1. The van der Waals surface area contributed by atoms with Crippen molar-refractivity contribution in [3.63, 3.8) is 0 Å². The van der Waals surface area contributed by atoms with Crippen LogP contribution in [0.4, 0.5) is 5.69 Å². The highest BCUT2D eigenvalue weighted by atomic mass is 32.2. The number of piperidine rings is 1. The second-order valence-electron chi connectivity index (χ2n) is 7.87. The molecule has 1 aliphatic rings. The van der Waals surface area contributed by atoms with E-state index in [9.17, 15) is 18.0 Å². The molecule has 0 unspecified atom stereocenters. The van der Waals surface area contributed by atoms with Gasteiger partial charge >= 0.3 is 5.97 Å². The molecule has 1 amide bonds. The second-order valence-corrected chi connectivity index (χ2v) is 9.95. The van der Waals surface area contributed by atoms with Gasteiger partial charge in [-0.2, -0.15) is 0 Å². The highest BCUT2D eigenvalue weighted by molar-refractivity contribution is 7.89. The summed E-state index contributed by atoms with van der Waals surface area (Å²) in [4.78, 5) is 24.3. The first-order valence-electron chi connectivity index (χ1n) is 11.0. The minimum Gasteiger partial charge on any atom is -0.462 e. The first-order valence-corrected chi connectivity index (χ1v) is 12.6. The number of aryl methyl sites for hydroxylation is 1. The Kier molecular flexibility index (Phi) is 8.41. The largest absolute Gasteiger partial charge is 0.462 e. The van der Waals surface area contributed by atoms with Crippen LogP contribution in [0.1, 0.15) is 42.1 Å². The van der Waals surface area contributed by atoms with E-state index in [-0.39, 0.29) is 17.6 Å². The molecule has 1 aliphatic heterocycles. The van der Waals surface area contributed by atoms with Crippen molar-refractivity contribution in [3.8, 4) is 0 Å². The van der Waals surface area contributed by atoms with Gasteiger partial charge < -0.3 is 10.1 Å². The molecule has 0 atom stereocenters. The van der Waals surface area contributed by atoms with Crippen LogP contribution >= 0.6 is 0 Å². The third kappa shape index (κ3) is 6.64. The van der Waals surface area contributed by atoms with Gasteiger partial charge in [-0.25, -0.2) is 17.5 Å². The predicted octanol–water partition coefficient (Wildman–Crippen LogP) is 3.48. The third-order valence-electron chi connectivity index (χ3n) is 5.59. The predicted molar refractivity (Wildman–Crippen MR) is 124 cm³/mol. The Balaban J connectivity index is 1.45. The molecule has 8 heteroatoms. The van der Waals surface area contributed by atoms with Crippen LogP contribution in [0.3, 0.4) is 0 Å². The van der Waals surface area contributed by atoms with E-state index in [1.807, 2.05) is 30.3 Å². The van der Waals surface area contributed by atoms with Crippen molar-refractivity contribution < 1.29 is 22.7 Å². The lowest BCUT2D eigenvalue weighted by Crippen LogP contribution is -2.42. The quantitative estimate of drug-likeness (QED) is 0.581. The van der Waals surface area contributed by atoms with Crippen molar-refractivity contribution in [2.75, 3.05) is 30.8 Å². The van der Waals surface area contributed by atoms with E-state index in [1.165, 1.54) is 4.31 Å². The molecule has 32 heavy (non-hydrogen) atoms. The van der Waals surface area contributed by atoms with Gasteiger partial charge in [-0.05, 0) is 62.4 Å². The molecule has 1 saturated heterocycles. The van der Waals surface area contributed by atoms with Crippen LogP contribution in [0.2, 0.25) is 0 Å². The van der Waals surface area contributed by atoms with E-state index in [0.717, 1.165) is 12.0 Å². The lowest BCUT2D eigenvalue weighted by Gasteiger charge is -2.30. The summed E-state index contributed by atoms with van der Waals surface area (Å²) in [6.07, 6.45) is 2.29. The summed E-state index contributed by atoms with van der Waals surface area (Å²) in [5.74, 6) is -0.654. The lowest BCUT2D eigenvalue weighted by molar-refractivity contribution is -0.120. The summed E-state index contributed by atoms with van der Waals surface area (Å²) < 4.78 is 31.8. The number of esters is 1. The van der Waals surface area contributed by atoms with E-state index in [4.69, 9.17) is 4.74 Å². The van der Waals surface area contributed by atoms with Gasteiger partial charge in [-0.3, -0.25) is 4.79 Å². The van der Waals surface area contributed by atoms with Crippen molar-refractivity contribution in [3.05, 3.63) is 65.7 Å². The number of nitrogens with one attached hydrogen (secondary N) is 1. The number of hydrogen-bond donors (Lipinski definition) is 1. The van der Waals surface area contributed by atoms with Crippen molar-refractivity contribution in [1.29, 1.82) is 0 Å². The molecule has 2 aromatic carbocycles. The van der Waals surface area contributed by atoms with Gasteiger partial charge in [0.1, 0.15) is 0 Å². The van der Waals surface area contributed by atoms with Crippen molar-refractivity contribution in [1.82, 2.24) is 4.31 Å². The molecule has 0 bridgehead atoms. The molecule has 0 saturated carbocycles. The number of sulfonamides is 1. The fraction of sp³-hybridized carbons (Fsp3) is 0.417. The number of benzene rings is 2. The van der Waals surface area contributed by atoms with Gasteiger partial charge in [0.05, 0.1) is 17.9 Å². The Bertz CT molecular complexity index is 998. The normalized spacial score (nSPS) is 15.3. The average molecular weight is 459 g/mol. The maximum Gasteiger partial charge on any atom is 0.338 e. The number of anilines is 1. The average Bonchev–Trinajstić information content (AvgIpc) is 2.80.